The number of nitrogens with one attached hydrogen (secondary N) is 1. The Kier molecular flexibility index (Phi) is 7.41. The van der Waals surface area contributed by atoms with E-state index in [1.54, 1.807) is 0 Å². The summed E-state index contributed by atoms with van der Waals surface area (Å²) in [5, 5.41) is 3.17. The highest BCUT2D eigenvalue weighted by Gasteiger charge is 1.92. The van der Waals surface area contributed by atoms with Crippen molar-refractivity contribution in [3.05, 3.63) is 0 Å². The molecule has 0 aromatic rings. The Balaban J connectivity index is 2.99. The average Bonchev–Trinajstić information content (AvgIpc) is 2.02. The van der Waals surface area contributed by atoms with E-state index >= 15 is 0 Å². The molecule has 12 heavy (non-hydrogen) atoms. The van der Waals surface area contributed by atoms with Crippen molar-refractivity contribution in [2.24, 2.45) is 5.73 Å². The van der Waals surface area contributed by atoms with Gasteiger partial charge in [0.1, 0.15) is 0 Å². The Morgan fingerprint density at radius 3 is 2.83 bits per heavy atom. The molecule has 3 heteroatoms. The molecule has 0 aromatic heterocycles. The molecule has 3 N–H and O–H groups in total. The molecule has 1 amide bonds. The third-order valence-corrected chi connectivity index (χ3v) is 1.38. The maximum Gasteiger partial charge on any atom is 0.217 e. The van der Waals surface area contributed by atoms with E-state index in [1.165, 1.54) is 0 Å². The highest BCUT2D eigenvalue weighted by atomic mass is 16.1. The molecule has 3 nitrogen and oxygen atoms in total. The van der Waals surface area contributed by atoms with Crippen LogP contribution < -0.4 is 11.1 Å². The van der Waals surface area contributed by atoms with Crippen LogP contribution >= 0.6 is 0 Å². The van der Waals surface area contributed by atoms with Crippen LogP contribution in [0.1, 0.15) is 26.2 Å². The van der Waals surface area contributed by atoms with E-state index < -0.39 is 0 Å². The number of hydrogen-bond acceptors (Lipinski definition) is 2. The number of nitrogens with two attached hydrogens (primary N) is 1. The maximum atomic E-state index is 10.3. The van der Waals surface area contributed by atoms with Crippen LogP contribution in [0.15, 0.2) is 0 Å². The molecule has 68 valence electrons. The number of carbonyl (C=O) groups excluding carboxylic acids is 1. The van der Waals surface area contributed by atoms with Gasteiger partial charge in [-0.25, -0.2) is 0 Å². The van der Waals surface area contributed by atoms with Crippen LogP contribution in [0, 0.1) is 11.8 Å². The van der Waals surface area contributed by atoms with Crippen LogP contribution in [0.3, 0.4) is 0 Å². The van der Waals surface area contributed by atoms with Crippen LogP contribution in [0.5, 0.6) is 0 Å². The van der Waals surface area contributed by atoms with Gasteiger partial charge in [0.2, 0.25) is 5.91 Å². The first-order valence-electron chi connectivity index (χ1n) is 4.16. The summed E-state index contributed by atoms with van der Waals surface area (Å²) in [5.41, 5.74) is 4.97. The lowest BCUT2D eigenvalue weighted by atomic mass is 10.3. The molecule has 0 aliphatic rings. The van der Waals surface area contributed by atoms with Gasteiger partial charge in [-0.2, -0.15) is 0 Å². The van der Waals surface area contributed by atoms with Gasteiger partial charge in [0.25, 0.3) is 0 Å². The zero-order chi connectivity index (χ0) is 9.23. The van der Waals surface area contributed by atoms with Crippen LogP contribution in [0.25, 0.3) is 0 Å². The predicted molar refractivity (Wildman–Crippen MR) is 49.4 cm³/mol. The van der Waals surface area contributed by atoms with Gasteiger partial charge in [-0.1, -0.05) is 0 Å². The van der Waals surface area contributed by atoms with Crippen molar-refractivity contribution in [1.82, 2.24) is 5.32 Å². The van der Waals surface area contributed by atoms with E-state index in [9.17, 15) is 4.79 Å². The SMILES string of the molecule is CC#CCCNCCCC(N)=O. The van der Waals surface area contributed by atoms with Crippen molar-refractivity contribution in [2.75, 3.05) is 13.1 Å². The van der Waals surface area contributed by atoms with Crippen molar-refractivity contribution in [1.29, 1.82) is 0 Å². The molecule has 0 aliphatic carbocycles. The molecule has 0 radical (unpaired) electrons. The largest absolute Gasteiger partial charge is 0.370 e. The first-order valence-corrected chi connectivity index (χ1v) is 4.16. The summed E-state index contributed by atoms with van der Waals surface area (Å²) in [6.45, 7) is 3.56. The molecule has 0 saturated heterocycles. The smallest absolute Gasteiger partial charge is 0.217 e. The highest BCUT2D eigenvalue weighted by Crippen LogP contribution is 1.84. The Morgan fingerprint density at radius 2 is 2.25 bits per heavy atom. The van der Waals surface area contributed by atoms with Gasteiger partial charge in [0.15, 0.2) is 0 Å². The first kappa shape index (κ1) is 11.0. The molecule has 0 atom stereocenters. The van der Waals surface area contributed by atoms with Crippen LogP contribution in [0.4, 0.5) is 0 Å². The molecule has 0 spiro atoms. The number of rotatable bonds is 6. The summed E-state index contributed by atoms with van der Waals surface area (Å²) in [5.74, 6) is 5.53. The standard InChI is InChI=1S/C9H16N2O/c1-2-3-4-7-11-8-5-6-9(10)12/h11H,4-8H2,1H3,(H2,10,12). The topological polar surface area (TPSA) is 55.1 Å². The van der Waals surface area contributed by atoms with Crippen LogP contribution in [-0.2, 0) is 4.79 Å². The summed E-state index contributed by atoms with van der Waals surface area (Å²) in [7, 11) is 0. The molecular weight excluding hydrogens is 152 g/mol. The minimum atomic E-state index is -0.231. The fourth-order valence-electron chi connectivity index (χ4n) is 0.789. The minimum Gasteiger partial charge on any atom is -0.370 e. The van der Waals surface area contributed by atoms with Crippen molar-refractivity contribution in [3.8, 4) is 11.8 Å². The number of carbonyl (C=O) groups is 1. The normalized spacial score (nSPS) is 8.75. The number of primary amides is 1. The van der Waals surface area contributed by atoms with Gasteiger partial charge in [0, 0.05) is 19.4 Å². The molecule has 0 aliphatic heterocycles. The summed E-state index contributed by atoms with van der Waals surface area (Å²) < 4.78 is 0. The van der Waals surface area contributed by atoms with Crippen LogP contribution in [0.2, 0.25) is 0 Å². The molecule has 0 unspecified atom stereocenters. The maximum absolute atomic E-state index is 10.3. The zero-order valence-corrected chi connectivity index (χ0v) is 7.52. The second kappa shape index (κ2) is 8.09. The van der Waals surface area contributed by atoms with E-state index in [0.29, 0.717) is 6.42 Å². The summed E-state index contributed by atoms with van der Waals surface area (Å²) >= 11 is 0. The predicted octanol–water partition coefficient (Wildman–Crippen LogP) is 0.255. The Bertz CT molecular complexity index is 179. The second-order valence-corrected chi connectivity index (χ2v) is 2.50. The molecule has 0 rings (SSSR count). The average molecular weight is 168 g/mol. The monoisotopic (exact) mass is 168 g/mol. The Hall–Kier alpha value is -1.01. The van der Waals surface area contributed by atoms with E-state index in [4.69, 9.17) is 5.73 Å². The van der Waals surface area contributed by atoms with Gasteiger partial charge >= 0.3 is 0 Å². The minimum absolute atomic E-state index is 0.231. The van der Waals surface area contributed by atoms with E-state index in [-0.39, 0.29) is 5.91 Å². The number of hydrogen-bond donors (Lipinski definition) is 2. The van der Waals surface area contributed by atoms with Gasteiger partial charge in [-0.05, 0) is 19.9 Å². The van der Waals surface area contributed by atoms with Crippen molar-refractivity contribution >= 4 is 5.91 Å². The Morgan fingerprint density at radius 1 is 1.50 bits per heavy atom. The van der Waals surface area contributed by atoms with Gasteiger partial charge in [0.05, 0.1) is 0 Å². The van der Waals surface area contributed by atoms with Crippen molar-refractivity contribution < 1.29 is 4.79 Å². The molecule has 0 bridgehead atoms. The number of amides is 1. The quantitative estimate of drug-likeness (QED) is 0.441. The lowest BCUT2D eigenvalue weighted by molar-refractivity contribution is -0.118. The summed E-state index contributed by atoms with van der Waals surface area (Å²) in [4.78, 5) is 10.3. The molecule has 0 heterocycles. The summed E-state index contributed by atoms with van der Waals surface area (Å²) in [6.07, 6.45) is 2.15. The fraction of sp³-hybridized carbons (Fsp3) is 0.667. The fourth-order valence-corrected chi connectivity index (χ4v) is 0.789. The molecule has 0 saturated carbocycles. The molecule has 0 aromatic carbocycles. The van der Waals surface area contributed by atoms with E-state index in [2.05, 4.69) is 17.2 Å². The van der Waals surface area contributed by atoms with Crippen molar-refractivity contribution in [3.63, 3.8) is 0 Å². The zero-order valence-electron chi connectivity index (χ0n) is 7.52. The van der Waals surface area contributed by atoms with E-state index in [0.717, 1.165) is 25.9 Å². The second-order valence-electron chi connectivity index (χ2n) is 2.50. The van der Waals surface area contributed by atoms with Crippen molar-refractivity contribution in [2.45, 2.75) is 26.2 Å². The highest BCUT2D eigenvalue weighted by molar-refractivity contribution is 5.73. The lowest BCUT2D eigenvalue weighted by Gasteiger charge is -1.99. The first-order chi connectivity index (χ1) is 5.77. The van der Waals surface area contributed by atoms with Gasteiger partial charge < -0.3 is 11.1 Å². The molecular formula is C9H16N2O. The third kappa shape index (κ3) is 8.99. The third-order valence-electron chi connectivity index (χ3n) is 1.38. The van der Waals surface area contributed by atoms with Crippen LogP contribution in [-0.4, -0.2) is 19.0 Å². The summed E-state index contributed by atoms with van der Waals surface area (Å²) in [6, 6.07) is 0. The van der Waals surface area contributed by atoms with Gasteiger partial charge in [-0.15, -0.1) is 11.8 Å². The Labute approximate surface area is 73.7 Å². The molecule has 0 fully saturated rings. The van der Waals surface area contributed by atoms with Gasteiger partial charge in [-0.3, -0.25) is 4.79 Å². The van der Waals surface area contributed by atoms with E-state index in [1.807, 2.05) is 6.92 Å². The lowest BCUT2D eigenvalue weighted by Crippen LogP contribution is -2.19.